The second-order valence-electron chi connectivity index (χ2n) is 4.46. The van der Waals surface area contributed by atoms with Crippen molar-refractivity contribution < 1.29 is 9.13 Å². The van der Waals surface area contributed by atoms with Crippen LogP contribution in [-0.4, -0.2) is 7.11 Å². The molecule has 0 saturated heterocycles. The van der Waals surface area contributed by atoms with E-state index in [9.17, 15) is 4.39 Å². The van der Waals surface area contributed by atoms with Gasteiger partial charge < -0.3 is 10.5 Å². The van der Waals surface area contributed by atoms with Crippen molar-refractivity contribution in [3.63, 3.8) is 0 Å². The maximum atomic E-state index is 13.2. The minimum Gasteiger partial charge on any atom is -0.494 e. The molecule has 1 atom stereocenters. The number of methoxy groups -OCH3 is 1. The van der Waals surface area contributed by atoms with Crippen LogP contribution in [0, 0.1) is 11.7 Å². The Morgan fingerprint density at radius 1 is 1.38 bits per heavy atom. The third-order valence-electron chi connectivity index (χ3n) is 3.47. The Bertz CT molecular complexity index is 361. The molecule has 2 N–H and O–H groups in total. The molecule has 0 aromatic heterocycles. The van der Waals surface area contributed by atoms with Crippen LogP contribution in [0.3, 0.4) is 0 Å². The van der Waals surface area contributed by atoms with E-state index in [4.69, 9.17) is 10.5 Å². The van der Waals surface area contributed by atoms with E-state index in [-0.39, 0.29) is 17.6 Å². The van der Waals surface area contributed by atoms with Crippen LogP contribution in [0.5, 0.6) is 5.75 Å². The average molecular weight is 223 g/mol. The van der Waals surface area contributed by atoms with Gasteiger partial charge in [-0.1, -0.05) is 18.9 Å². The van der Waals surface area contributed by atoms with Crippen LogP contribution >= 0.6 is 0 Å². The molecule has 0 spiro atoms. The number of halogens is 1. The molecule has 0 aliphatic heterocycles. The Kier molecular flexibility index (Phi) is 3.44. The average Bonchev–Trinajstić information content (AvgIpc) is 2.82. The van der Waals surface area contributed by atoms with E-state index in [1.54, 1.807) is 12.1 Å². The molecule has 1 fully saturated rings. The summed E-state index contributed by atoms with van der Waals surface area (Å²) in [5, 5.41) is 0. The Hall–Kier alpha value is -1.09. The second kappa shape index (κ2) is 4.83. The van der Waals surface area contributed by atoms with Crippen molar-refractivity contribution in [2.75, 3.05) is 7.11 Å². The Morgan fingerprint density at radius 3 is 2.69 bits per heavy atom. The van der Waals surface area contributed by atoms with Crippen molar-refractivity contribution in [2.45, 2.75) is 31.7 Å². The summed E-state index contributed by atoms with van der Waals surface area (Å²) >= 11 is 0. The Morgan fingerprint density at radius 2 is 2.06 bits per heavy atom. The molecule has 3 heteroatoms. The zero-order valence-electron chi connectivity index (χ0n) is 9.58. The third-order valence-corrected chi connectivity index (χ3v) is 3.47. The number of nitrogens with two attached hydrogens (primary N) is 1. The van der Waals surface area contributed by atoms with Gasteiger partial charge in [0.25, 0.3) is 0 Å². The number of hydrogen-bond acceptors (Lipinski definition) is 2. The number of ether oxygens (including phenoxy) is 1. The quantitative estimate of drug-likeness (QED) is 0.854. The number of rotatable bonds is 3. The highest BCUT2D eigenvalue weighted by molar-refractivity contribution is 5.32. The molecule has 1 aromatic carbocycles. The van der Waals surface area contributed by atoms with Gasteiger partial charge in [-0.05, 0) is 36.5 Å². The van der Waals surface area contributed by atoms with Crippen molar-refractivity contribution in [2.24, 2.45) is 11.7 Å². The fourth-order valence-corrected chi connectivity index (χ4v) is 2.47. The number of hydrogen-bond donors (Lipinski definition) is 1. The van der Waals surface area contributed by atoms with Gasteiger partial charge in [0.2, 0.25) is 0 Å². The molecule has 1 aromatic rings. The Labute approximate surface area is 95.6 Å². The third kappa shape index (κ3) is 2.19. The van der Waals surface area contributed by atoms with Gasteiger partial charge in [-0.25, -0.2) is 4.39 Å². The van der Waals surface area contributed by atoms with Crippen molar-refractivity contribution >= 4 is 0 Å². The molecule has 1 aliphatic carbocycles. The van der Waals surface area contributed by atoms with E-state index in [1.165, 1.54) is 38.9 Å². The van der Waals surface area contributed by atoms with E-state index in [0.717, 1.165) is 5.56 Å². The summed E-state index contributed by atoms with van der Waals surface area (Å²) in [6.07, 6.45) is 4.88. The maximum absolute atomic E-state index is 13.2. The topological polar surface area (TPSA) is 35.2 Å². The van der Waals surface area contributed by atoms with Crippen LogP contribution < -0.4 is 10.5 Å². The minimum absolute atomic E-state index is 0.0111. The van der Waals surface area contributed by atoms with Gasteiger partial charge in [0, 0.05) is 6.04 Å². The van der Waals surface area contributed by atoms with Crippen molar-refractivity contribution in [1.29, 1.82) is 0 Å². The molecule has 0 amide bonds. The van der Waals surface area contributed by atoms with E-state index in [2.05, 4.69) is 0 Å². The molecule has 0 bridgehead atoms. The first-order valence-electron chi connectivity index (χ1n) is 5.81. The zero-order valence-corrected chi connectivity index (χ0v) is 9.58. The van der Waals surface area contributed by atoms with Crippen LogP contribution in [0.25, 0.3) is 0 Å². The largest absolute Gasteiger partial charge is 0.494 e. The molecule has 1 saturated carbocycles. The highest BCUT2D eigenvalue weighted by Crippen LogP contribution is 2.35. The first-order valence-corrected chi connectivity index (χ1v) is 5.81. The lowest BCUT2D eigenvalue weighted by molar-refractivity contribution is 0.382. The number of benzene rings is 1. The first kappa shape index (κ1) is 11.4. The van der Waals surface area contributed by atoms with Crippen LogP contribution in [0.15, 0.2) is 18.2 Å². The first-order chi connectivity index (χ1) is 7.72. The van der Waals surface area contributed by atoms with Gasteiger partial charge in [0.15, 0.2) is 11.6 Å². The molecule has 0 unspecified atom stereocenters. The van der Waals surface area contributed by atoms with E-state index < -0.39 is 0 Å². The highest BCUT2D eigenvalue weighted by Gasteiger charge is 2.23. The van der Waals surface area contributed by atoms with Crippen LogP contribution in [0.4, 0.5) is 4.39 Å². The van der Waals surface area contributed by atoms with Crippen molar-refractivity contribution in [3.05, 3.63) is 29.6 Å². The van der Waals surface area contributed by atoms with E-state index in [0.29, 0.717) is 5.92 Å². The van der Waals surface area contributed by atoms with Gasteiger partial charge in [-0.15, -0.1) is 0 Å². The van der Waals surface area contributed by atoms with Gasteiger partial charge in [-0.2, -0.15) is 0 Å². The molecular weight excluding hydrogens is 205 g/mol. The fraction of sp³-hybridized carbons (Fsp3) is 0.538. The SMILES string of the molecule is COc1cc([C@H](N)C2CCCC2)ccc1F. The molecule has 0 heterocycles. The maximum Gasteiger partial charge on any atom is 0.165 e. The fourth-order valence-electron chi connectivity index (χ4n) is 2.47. The van der Waals surface area contributed by atoms with Crippen molar-refractivity contribution in [3.8, 4) is 5.75 Å². The van der Waals surface area contributed by atoms with E-state index in [1.807, 2.05) is 0 Å². The predicted molar refractivity (Wildman–Crippen MR) is 61.8 cm³/mol. The molecule has 0 radical (unpaired) electrons. The monoisotopic (exact) mass is 223 g/mol. The highest BCUT2D eigenvalue weighted by atomic mass is 19.1. The molecule has 2 nitrogen and oxygen atoms in total. The van der Waals surface area contributed by atoms with Gasteiger partial charge >= 0.3 is 0 Å². The van der Waals surface area contributed by atoms with E-state index >= 15 is 0 Å². The summed E-state index contributed by atoms with van der Waals surface area (Å²) in [6.45, 7) is 0. The molecule has 88 valence electrons. The standard InChI is InChI=1S/C13H18FNO/c1-16-12-8-10(6-7-11(12)14)13(15)9-4-2-3-5-9/h6-9,13H,2-5,15H2,1H3/t13-/m1/s1. The summed E-state index contributed by atoms with van der Waals surface area (Å²) in [7, 11) is 1.48. The molecule has 2 rings (SSSR count). The summed E-state index contributed by atoms with van der Waals surface area (Å²) < 4.78 is 18.2. The lowest BCUT2D eigenvalue weighted by atomic mass is 9.92. The summed E-state index contributed by atoms with van der Waals surface area (Å²) in [5.74, 6) is 0.492. The smallest absolute Gasteiger partial charge is 0.165 e. The zero-order chi connectivity index (χ0) is 11.5. The molecule has 16 heavy (non-hydrogen) atoms. The van der Waals surface area contributed by atoms with Crippen LogP contribution in [0.1, 0.15) is 37.3 Å². The molecular formula is C13H18FNO. The Balaban J connectivity index is 2.19. The minimum atomic E-state index is -0.329. The van der Waals surface area contributed by atoms with Crippen LogP contribution in [-0.2, 0) is 0 Å². The van der Waals surface area contributed by atoms with Crippen LogP contribution in [0.2, 0.25) is 0 Å². The summed E-state index contributed by atoms with van der Waals surface area (Å²) in [4.78, 5) is 0. The van der Waals surface area contributed by atoms with Gasteiger partial charge in [0.1, 0.15) is 0 Å². The second-order valence-corrected chi connectivity index (χ2v) is 4.46. The lowest BCUT2D eigenvalue weighted by Crippen LogP contribution is -2.19. The summed E-state index contributed by atoms with van der Waals surface area (Å²) in [6, 6.07) is 4.93. The van der Waals surface area contributed by atoms with Gasteiger partial charge in [0.05, 0.1) is 7.11 Å². The summed E-state index contributed by atoms with van der Waals surface area (Å²) in [5.41, 5.74) is 7.17. The lowest BCUT2D eigenvalue weighted by Gasteiger charge is -2.19. The molecule has 1 aliphatic rings. The van der Waals surface area contributed by atoms with Crippen molar-refractivity contribution in [1.82, 2.24) is 0 Å². The normalized spacial score (nSPS) is 18.7. The predicted octanol–water partition coefficient (Wildman–Crippen LogP) is 3.02. The van der Waals surface area contributed by atoms with Gasteiger partial charge in [-0.3, -0.25) is 0 Å².